The van der Waals surface area contributed by atoms with Gasteiger partial charge < -0.3 is 9.80 Å². The van der Waals surface area contributed by atoms with Crippen molar-refractivity contribution in [3.63, 3.8) is 0 Å². The second-order valence-electron chi connectivity index (χ2n) is 3.79. The fourth-order valence-corrected chi connectivity index (χ4v) is 1.16. The highest BCUT2D eigenvalue weighted by Gasteiger charge is 2.14. The molecule has 16 heavy (non-hydrogen) atoms. The molecule has 1 rings (SSSR count). The molecule has 90 valence electrons. The molecule has 0 amide bonds. The van der Waals surface area contributed by atoms with Crippen molar-refractivity contribution >= 4 is 5.82 Å². The Morgan fingerprint density at radius 2 is 1.69 bits per heavy atom. The van der Waals surface area contributed by atoms with E-state index in [1.54, 1.807) is 7.05 Å². The van der Waals surface area contributed by atoms with E-state index in [4.69, 9.17) is 0 Å². The maximum Gasteiger partial charge on any atom is 0.251 e. The maximum absolute atomic E-state index is 13.3. The Balaban J connectivity index is 2.82. The number of likely N-dealkylation sites (N-methyl/N-ethyl adjacent to an activating group) is 2. The van der Waals surface area contributed by atoms with Crippen molar-refractivity contribution in [3.05, 3.63) is 23.6 Å². The molecule has 0 N–H and O–H groups in total. The van der Waals surface area contributed by atoms with Gasteiger partial charge in [-0.15, -0.1) is 0 Å². The maximum atomic E-state index is 13.3. The quantitative estimate of drug-likeness (QED) is 0.735. The Morgan fingerprint density at radius 1 is 1.06 bits per heavy atom. The van der Waals surface area contributed by atoms with Crippen molar-refractivity contribution in [2.75, 3.05) is 39.1 Å². The number of aromatic nitrogens is 1. The van der Waals surface area contributed by atoms with Gasteiger partial charge in [0.15, 0.2) is 17.5 Å². The molecule has 1 aromatic rings. The van der Waals surface area contributed by atoms with Gasteiger partial charge in [0.1, 0.15) is 0 Å². The van der Waals surface area contributed by atoms with Crippen LogP contribution in [0.15, 0.2) is 6.07 Å². The van der Waals surface area contributed by atoms with Gasteiger partial charge in [0, 0.05) is 26.2 Å². The van der Waals surface area contributed by atoms with Crippen LogP contribution in [0, 0.1) is 17.6 Å². The van der Waals surface area contributed by atoms with Crippen molar-refractivity contribution < 1.29 is 13.2 Å². The van der Waals surface area contributed by atoms with Crippen molar-refractivity contribution in [3.8, 4) is 0 Å². The highest BCUT2D eigenvalue weighted by Crippen LogP contribution is 2.17. The van der Waals surface area contributed by atoms with E-state index in [1.807, 2.05) is 19.0 Å². The summed E-state index contributed by atoms with van der Waals surface area (Å²) in [6.07, 6.45) is 0. The van der Waals surface area contributed by atoms with Crippen LogP contribution < -0.4 is 4.90 Å². The fraction of sp³-hybridized carbons (Fsp3) is 0.500. The predicted octanol–water partition coefficient (Wildman–Crippen LogP) is 1.50. The lowest BCUT2D eigenvalue weighted by Gasteiger charge is -2.20. The molecule has 0 radical (unpaired) electrons. The zero-order valence-corrected chi connectivity index (χ0v) is 9.47. The van der Waals surface area contributed by atoms with Gasteiger partial charge in [-0.1, -0.05) is 0 Å². The smallest absolute Gasteiger partial charge is 0.251 e. The normalized spacial score (nSPS) is 10.9. The molecule has 0 saturated carbocycles. The van der Waals surface area contributed by atoms with E-state index in [1.165, 1.54) is 4.90 Å². The minimum atomic E-state index is -1.28. The van der Waals surface area contributed by atoms with Crippen LogP contribution in [0.5, 0.6) is 0 Å². The van der Waals surface area contributed by atoms with Crippen molar-refractivity contribution in [2.45, 2.75) is 0 Å². The highest BCUT2D eigenvalue weighted by molar-refractivity contribution is 5.38. The van der Waals surface area contributed by atoms with Crippen molar-refractivity contribution in [1.82, 2.24) is 9.88 Å². The third kappa shape index (κ3) is 3.10. The summed E-state index contributed by atoms with van der Waals surface area (Å²) in [6.45, 7) is 1.14. The summed E-state index contributed by atoms with van der Waals surface area (Å²) in [7, 11) is 5.30. The Morgan fingerprint density at radius 3 is 2.25 bits per heavy atom. The monoisotopic (exact) mass is 233 g/mol. The van der Waals surface area contributed by atoms with E-state index >= 15 is 0 Å². The molecule has 0 aliphatic rings. The van der Waals surface area contributed by atoms with Gasteiger partial charge in [-0.25, -0.2) is 8.78 Å². The lowest BCUT2D eigenvalue weighted by Crippen LogP contribution is -2.30. The minimum absolute atomic E-state index is 0.180. The average Bonchev–Trinajstić information content (AvgIpc) is 2.20. The highest BCUT2D eigenvalue weighted by atomic mass is 19.2. The Kier molecular flexibility index (Phi) is 4.12. The summed E-state index contributed by atoms with van der Waals surface area (Å²) in [5.74, 6) is -3.60. The van der Waals surface area contributed by atoms with E-state index in [-0.39, 0.29) is 5.82 Å². The summed E-state index contributed by atoms with van der Waals surface area (Å²) >= 11 is 0. The fourth-order valence-electron chi connectivity index (χ4n) is 1.16. The summed E-state index contributed by atoms with van der Waals surface area (Å²) in [4.78, 5) is 6.58. The molecule has 3 nitrogen and oxygen atoms in total. The first-order valence-corrected chi connectivity index (χ1v) is 4.79. The van der Waals surface area contributed by atoms with Gasteiger partial charge in [-0.3, -0.25) is 0 Å². The third-order valence-corrected chi connectivity index (χ3v) is 2.11. The van der Waals surface area contributed by atoms with Crippen LogP contribution in [0.3, 0.4) is 0 Å². The summed E-state index contributed by atoms with van der Waals surface area (Å²) < 4.78 is 38.7. The molecule has 0 aromatic carbocycles. The number of rotatable bonds is 4. The first-order valence-electron chi connectivity index (χ1n) is 4.79. The van der Waals surface area contributed by atoms with E-state index in [0.717, 1.165) is 0 Å². The zero-order chi connectivity index (χ0) is 12.3. The predicted molar refractivity (Wildman–Crippen MR) is 55.9 cm³/mol. The van der Waals surface area contributed by atoms with Gasteiger partial charge in [0.2, 0.25) is 0 Å². The second kappa shape index (κ2) is 5.16. The number of halogens is 3. The number of pyridine rings is 1. The molecule has 0 aliphatic carbocycles. The third-order valence-electron chi connectivity index (χ3n) is 2.11. The van der Waals surface area contributed by atoms with Crippen LogP contribution in [-0.4, -0.2) is 44.1 Å². The Hall–Kier alpha value is -1.30. The summed E-state index contributed by atoms with van der Waals surface area (Å²) in [6, 6.07) is 0.504. The molecule has 0 spiro atoms. The Labute approximate surface area is 92.5 Å². The topological polar surface area (TPSA) is 19.4 Å². The van der Waals surface area contributed by atoms with E-state index in [2.05, 4.69) is 4.98 Å². The first kappa shape index (κ1) is 12.8. The lowest BCUT2D eigenvalue weighted by molar-refractivity contribution is 0.413. The van der Waals surface area contributed by atoms with E-state index in [9.17, 15) is 13.2 Å². The first-order chi connectivity index (χ1) is 7.41. The molecule has 6 heteroatoms. The van der Waals surface area contributed by atoms with Crippen LogP contribution in [0.25, 0.3) is 0 Å². The standard InChI is InChI=1S/C10H14F3N3/c1-15(2)4-5-16(3)10-8(12)6-7(11)9(13)14-10/h6H,4-5H2,1-3H3. The largest absolute Gasteiger partial charge is 0.356 e. The summed E-state index contributed by atoms with van der Waals surface area (Å²) in [5, 5.41) is 0. The molecule has 0 bridgehead atoms. The molecule has 0 fully saturated rings. The van der Waals surface area contributed by atoms with Crippen LogP contribution in [-0.2, 0) is 0 Å². The van der Waals surface area contributed by atoms with Gasteiger partial charge in [-0.2, -0.15) is 9.37 Å². The van der Waals surface area contributed by atoms with Crippen LogP contribution >= 0.6 is 0 Å². The van der Waals surface area contributed by atoms with Crippen LogP contribution in [0.4, 0.5) is 19.0 Å². The molecule has 0 unspecified atom stereocenters. The number of nitrogens with zero attached hydrogens (tertiary/aromatic N) is 3. The van der Waals surface area contributed by atoms with Crippen LogP contribution in [0.2, 0.25) is 0 Å². The SMILES string of the molecule is CN(C)CCN(C)c1nc(F)c(F)cc1F. The second-order valence-corrected chi connectivity index (χ2v) is 3.79. The molecule has 1 heterocycles. The van der Waals surface area contributed by atoms with Crippen molar-refractivity contribution in [1.29, 1.82) is 0 Å². The lowest BCUT2D eigenvalue weighted by atomic mass is 10.4. The number of hydrogen-bond donors (Lipinski definition) is 0. The van der Waals surface area contributed by atoms with Gasteiger partial charge in [-0.05, 0) is 14.1 Å². The molecule has 0 aliphatic heterocycles. The molecular formula is C10H14F3N3. The van der Waals surface area contributed by atoms with Crippen molar-refractivity contribution in [2.24, 2.45) is 0 Å². The van der Waals surface area contributed by atoms with Gasteiger partial charge >= 0.3 is 0 Å². The molecule has 1 aromatic heterocycles. The number of hydrogen-bond acceptors (Lipinski definition) is 3. The molecule has 0 saturated heterocycles. The average molecular weight is 233 g/mol. The van der Waals surface area contributed by atoms with E-state index in [0.29, 0.717) is 19.2 Å². The number of anilines is 1. The van der Waals surface area contributed by atoms with Gasteiger partial charge in [0.05, 0.1) is 0 Å². The zero-order valence-electron chi connectivity index (χ0n) is 9.47. The molecular weight excluding hydrogens is 219 g/mol. The minimum Gasteiger partial charge on any atom is -0.356 e. The molecule has 0 atom stereocenters. The Bertz CT molecular complexity index is 369. The van der Waals surface area contributed by atoms with E-state index < -0.39 is 17.6 Å². The van der Waals surface area contributed by atoms with Crippen LogP contribution in [0.1, 0.15) is 0 Å². The van der Waals surface area contributed by atoms with Gasteiger partial charge in [0.25, 0.3) is 5.95 Å². The summed E-state index contributed by atoms with van der Waals surface area (Å²) in [5.41, 5.74) is 0.